The molecular formula is C18H25ClO2S. The molecule has 1 aromatic rings. The van der Waals surface area contributed by atoms with Crippen molar-refractivity contribution in [3.8, 4) is 0 Å². The van der Waals surface area contributed by atoms with Crippen molar-refractivity contribution in [2.45, 2.75) is 58.1 Å². The Morgan fingerprint density at radius 3 is 2.32 bits per heavy atom. The molecule has 0 spiro atoms. The van der Waals surface area contributed by atoms with E-state index in [1.807, 2.05) is 52.8 Å². The molecule has 1 rings (SSSR count). The van der Waals surface area contributed by atoms with Crippen molar-refractivity contribution in [1.29, 1.82) is 0 Å². The van der Waals surface area contributed by atoms with E-state index in [9.17, 15) is 9.59 Å². The second kappa shape index (κ2) is 8.16. The van der Waals surface area contributed by atoms with Crippen molar-refractivity contribution in [2.75, 3.05) is 0 Å². The molecule has 0 aliphatic heterocycles. The van der Waals surface area contributed by atoms with Crippen LogP contribution in [0.15, 0.2) is 24.3 Å². The summed E-state index contributed by atoms with van der Waals surface area (Å²) in [5.74, 6) is 0.0570. The van der Waals surface area contributed by atoms with Gasteiger partial charge in [0.05, 0.1) is 0 Å². The quantitative estimate of drug-likeness (QED) is 0.686. The number of hydrogen-bond donors (Lipinski definition) is 0. The third kappa shape index (κ3) is 6.97. The summed E-state index contributed by atoms with van der Waals surface area (Å²) in [5, 5.41) is 0.754. The van der Waals surface area contributed by atoms with Gasteiger partial charge in [-0.25, -0.2) is 0 Å². The second-order valence-electron chi connectivity index (χ2n) is 6.87. The van der Waals surface area contributed by atoms with Gasteiger partial charge >= 0.3 is 0 Å². The van der Waals surface area contributed by atoms with E-state index in [1.165, 1.54) is 11.8 Å². The van der Waals surface area contributed by atoms with Crippen molar-refractivity contribution in [3.05, 3.63) is 34.9 Å². The average molecular weight is 341 g/mol. The summed E-state index contributed by atoms with van der Waals surface area (Å²) >= 11 is 7.39. The van der Waals surface area contributed by atoms with Crippen LogP contribution < -0.4 is 0 Å². The minimum absolute atomic E-state index is 0.0212. The van der Waals surface area contributed by atoms with Crippen LogP contribution in [0, 0.1) is 5.92 Å². The van der Waals surface area contributed by atoms with E-state index in [0.29, 0.717) is 17.9 Å². The highest BCUT2D eigenvalue weighted by Gasteiger charge is 2.24. The monoisotopic (exact) mass is 340 g/mol. The molecule has 0 radical (unpaired) electrons. The topological polar surface area (TPSA) is 34.1 Å². The lowest BCUT2D eigenvalue weighted by molar-refractivity contribution is -0.122. The summed E-state index contributed by atoms with van der Waals surface area (Å²) < 4.78 is -0.113. The Bertz CT molecular complexity index is 532. The molecule has 122 valence electrons. The van der Waals surface area contributed by atoms with Gasteiger partial charge < -0.3 is 0 Å². The number of rotatable bonds is 6. The van der Waals surface area contributed by atoms with E-state index in [0.717, 1.165) is 5.56 Å². The molecule has 22 heavy (non-hydrogen) atoms. The maximum absolute atomic E-state index is 12.3. The molecular weight excluding hydrogens is 316 g/mol. The highest BCUT2D eigenvalue weighted by Crippen LogP contribution is 2.32. The molecule has 0 fully saturated rings. The fourth-order valence-corrected chi connectivity index (χ4v) is 3.30. The zero-order valence-corrected chi connectivity index (χ0v) is 15.6. The number of ketones is 1. The van der Waals surface area contributed by atoms with E-state index in [4.69, 9.17) is 11.6 Å². The Morgan fingerprint density at radius 1 is 1.18 bits per heavy atom. The first-order valence-electron chi connectivity index (χ1n) is 7.58. The summed E-state index contributed by atoms with van der Waals surface area (Å²) in [6.07, 6.45) is 0.745. The van der Waals surface area contributed by atoms with Crippen LogP contribution >= 0.6 is 23.4 Å². The minimum atomic E-state index is -0.113. The second-order valence-corrected chi connectivity index (χ2v) is 9.19. The lowest BCUT2D eigenvalue weighted by atomic mass is 9.88. The molecule has 0 bridgehead atoms. The average Bonchev–Trinajstić information content (AvgIpc) is 2.35. The van der Waals surface area contributed by atoms with Crippen LogP contribution in [0.1, 0.15) is 58.9 Å². The van der Waals surface area contributed by atoms with E-state index in [-0.39, 0.29) is 27.5 Å². The third-order valence-corrected chi connectivity index (χ3v) is 4.49. The van der Waals surface area contributed by atoms with Crippen LogP contribution in [0.2, 0.25) is 5.02 Å². The molecule has 0 saturated heterocycles. The molecule has 0 heterocycles. The Kier molecular flexibility index (Phi) is 7.14. The molecule has 2 nitrogen and oxygen atoms in total. The Balaban J connectivity index is 2.92. The van der Waals surface area contributed by atoms with Crippen molar-refractivity contribution >= 4 is 34.3 Å². The number of carbonyl (C=O) groups is 2. The summed E-state index contributed by atoms with van der Waals surface area (Å²) in [4.78, 5) is 24.4. The van der Waals surface area contributed by atoms with Crippen LogP contribution in [0.25, 0.3) is 0 Å². The summed E-state index contributed by atoms with van der Waals surface area (Å²) in [7, 11) is 0. The van der Waals surface area contributed by atoms with Gasteiger partial charge in [0.2, 0.25) is 0 Å². The molecule has 0 aromatic heterocycles. The first kappa shape index (κ1) is 19.2. The van der Waals surface area contributed by atoms with Crippen molar-refractivity contribution in [1.82, 2.24) is 0 Å². The van der Waals surface area contributed by atoms with Crippen molar-refractivity contribution in [3.63, 3.8) is 0 Å². The standard InChI is InChI=1S/C18H25ClO2S/c1-12(2)16(20)10-14(11-17(21)22-18(3,4)5)13-7-6-8-15(19)9-13/h6-9,12,14H,10-11H2,1-5H3/t14-/m0/s1. The third-order valence-electron chi connectivity index (χ3n) is 3.24. The molecule has 0 aliphatic rings. The van der Waals surface area contributed by atoms with Crippen molar-refractivity contribution < 1.29 is 9.59 Å². The van der Waals surface area contributed by atoms with Gasteiger partial charge in [-0.3, -0.25) is 9.59 Å². The van der Waals surface area contributed by atoms with E-state index >= 15 is 0 Å². The Morgan fingerprint density at radius 2 is 1.82 bits per heavy atom. The zero-order valence-electron chi connectivity index (χ0n) is 14.0. The number of carbonyl (C=O) groups excluding carboxylic acids is 2. The molecule has 0 amide bonds. The molecule has 0 aliphatic carbocycles. The van der Waals surface area contributed by atoms with Crippen LogP contribution in [0.3, 0.4) is 0 Å². The lowest BCUT2D eigenvalue weighted by Crippen LogP contribution is -2.17. The van der Waals surface area contributed by atoms with Gasteiger partial charge in [-0.2, -0.15) is 0 Å². The SMILES string of the molecule is CC(C)C(=O)C[C@@H](CC(=O)SC(C)(C)C)c1cccc(Cl)c1. The van der Waals surface area contributed by atoms with Gasteiger partial charge in [-0.15, -0.1) is 0 Å². The number of halogens is 1. The summed E-state index contributed by atoms with van der Waals surface area (Å²) in [6.45, 7) is 9.84. The van der Waals surface area contributed by atoms with Gasteiger partial charge in [0.1, 0.15) is 5.78 Å². The van der Waals surface area contributed by atoms with Gasteiger partial charge in [-0.1, -0.05) is 70.1 Å². The van der Waals surface area contributed by atoms with E-state index < -0.39 is 0 Å². The number of benzene rings is 1. The molecule has 0 N–H and O–H groups in total. The van der Waals surface area contributed by atoms with E-state index in [2.05, 4.69) is 0 Å². The smallest absolute Gasteiger partial charge is 0.190 e. The van der Waals surface area contributed by atoms with Gasteiger partial charge in [-0.05, 0) is 23.6 Å². The summed E-state index contributed by atoms with van der Waals surface area (Å²) in [6, 6.07) is 7.47. The number of hydrogen-bond acceptors (Lipinski definition) is 3. The van der Waals surface area contributed by atoms with Crippen LogP contribution in [-0.2, 0) is 9.59 Å². The molecule has 4 heteroatoms. The normalized spacial score (nSPS) is 13.2. The molecule has 1 atom stereocenters. The lowest BCUT2D eigenvalue weighted by Gasteiger charge is -2.21. The minimum Gasteiger partial charge on any atom is -0.299 e. The fourth-order valence-electron chi connectivity index (χ4n) is 2.13. The predicted molar refractivity (Wildman–Crippen MR) is 95.6 cm³/mol. The van der Waals surface area contributed by atoms with Crippen LogP contribution in [-0.4, -0.2) is 15.6 Å². The first-order valence-corrected chi connectivity index (χ1v) is 8.78. The maximum atomic E-state index is 12.3. The fraction of sp³-hybridized carbons (Fsp3) is 0.556. The Labute approximate surface area is 143 Å². The van der Waals surface area contributed by atoms with Gasteiger partial charge in [0.25, 0.3) is 0 Å². The number of Topliss-reactive ketones (excluding diaryl/α,β-unsaturated/α-hetero) is 1. The highest BCUT2D eigenvalue weighted by atomic mass is 35.5. The first-order chi connectivity index (χ1) is 10.1. The van der Waals surface area contributed by atoms with Crippen molar-refractivity contribution in [2.24, 2.45) is 5.92 Å². The zero-order chi connectivity index (χ0) is 16.9. The Hall–Kier alpha value is -0.800. The predicted octanol–water partition coefficient (Wildman–Crippen LogP) is 5.49. The van der Waals surface area contributed by atoms with Gasteiger partial charge in [0.15, 0.2) is 5.12 Å². The highest BCUT2D eigenvalue weighted by molar-refractivity contribution is 8.14. The summed E-state index contributed by atoms with van der Waals surface area (Å²) in [5.41, 5.74) is 0.962. The van der Waals surface area contributed by atoms with Crippen LogP contribution in [0.4, 0.5) is 0 Å². The molecule has 0 unspecified atom stereocenters. The molecule has 1 aromatic carbocycles. The largest absolute Gasteiger partial charge is 0.299 e. The van der Waals surface area contributed by atoms with Crippen LogP contribution in [0.5, 0.6) is 0 Å². The number of thioether (sulfide) groups is 1. The maximum Gasteiger partial charge on any atom is 0.190 e. The van der Waals surface area contributed by atoms with Gasteiger partial charge in [0, 0.05) is 28.5 Å². The van der Waals surface area contributed by atoms with E-state index in [1.54, 1.807) is 6.07 Å². The molecule has 0 saturated carbocycles.